The van der Waals surface area contributed by atoms with Gasteiger partial charge in [-0.15, -0.1) is 10.2 Å². The van der Waals surface area contributed by atoms with E-state index in [0.717, 1.165) is 35.7 Å². The topological polar surface area (TPSA) is 101 Å². The fraction of sp³-hybridized carbons (Fsp3) is 0.273. The standard InChI is InChI=1S/C22H21N7O2/c30-16-11-28(12-16)20-5-4-15(8-23-20)18-10-25-22(29-13-26-27-21(18)29)24-9-14-2-1-3-19-17(14)6-7-31-19/h1-5,8,10,13,16,30H,6-7,9,11-12H2,(H,24,25). The largest absolute Gasteiger partial charge is 0.493 e. The van der Waals surface area contributed by atoms with Crippen LogP contribution in [0.4, 0.5) is 11.8 Å². The van der Waals surface area contributed by atoms with E-state index in [-0.39, 0.29) is 6.10 Å². The van der Waals surface area contributed by atoms with E-state index in [0.29, 0.717) is 31.2 Å². The van der Waals surface area contributed by atoms with Crippen LogP contribution in [-0.2, 0) is 13.0 Å². The van der Waals surface area contributed by atoms with Crippen LogP contribution in [-0.4, -0.2) is 55.5 Å². The third kappa shape index (κ3) is 3.14. The second-order valence-electron chi connectivity index (χ2n) is 7.83. The molecule has 0 saturated carbocycles. The highest BCUT2D eigenvalue weighted by molar-refractivity contribution is 5.77. The molecule has 0 radical (unpaired) electrons. The summed E-state index contributed by atoms with van der Waals surface area (Å²) in [7, 11) is 0. The number of anilines is 2. The van der Waals surface area contributed by atoms with E-state index in [1.54, 1.807) is 12.5 Å². The Hall–Kier alpha value is -3.72. The number of nitrogens with zero attached hydrogens (tertiary/aromatic N) is 6. The van der Waals surface area contributed by atoms with Gasteiger partial charge < -0.3 is 20.1 Å². The second kappa shape index (κ2) is 7.21. The zero-order valence-corrected chi connectivity index (χ0v) is 16.8. The lowest BCUT2D eigenvalue weighted by molar-refractivity contribution is 0.141. The van der Waals surface area contributed by atoms with Crippen molar-refractivity contribution in [2.75, 3.05) is 29.9 Å². The first-order valence-electron chi connectivity index (χ1n) is 10.3. The Morgan fingerprint density at radius 3 is 2.90 bits per heavy atom. The van der Waals surface area contributed by atoms with Crippen molar-refractivity contribution in [1.82, 2.24) is 24.6 Å². The molecule has 1 fully saturated rings. The van der Waals surface area contributed by atoms with Crippen molar-refractivity contribution >= 4 is 17.4 Å². The van der Waals surface area contributed by atoms with Crippen LogP contribution in [0.25, 0.3) is 16.8 Å². The third-order valence-corrected chi connectivity index (χ3v) is 5.85. The maximum atomic E-state index is 9.49. The molecule has 9 nitrogen and oxygen atoms in total. The Labute approximate surface area is 178 Å². The molecular weight excluding hydrogens is 394 g/mol. The lowest BCUT2D eigenvalue weighted by Crippen LogP contribution is -2.51. The number of nitrogens with one attached hydrogen (secondary N) is 1. The number of pyridine rings is 1. The van der Waals surface area contributed by atoms with Crippen molar-refractivity contribution < 1.29 is 9.84 Å². The molecule has 31 heavy (non-hydrogen) atoms. The Kier molecular flexibility index (Phi) is 4.20. The number of hydrogen-bond acceptors (Lipinski definition) is 8. The molecule has 0 amide bonds. The van der Waals surface area contributed by atoms with E-state index in [1.165, 1.54) is 11.1 Å². The predicted molar refractivity (Wildman–Crippen MR) is 115 cm³/mol. The second-order valence-corrected chi connectivity index (χ2v) is 7.83. The van der Waals surface area contributed by atoms with Crippen LogP contribution in [0.2, 0.25) is 0 Å². The highest BCUT2D eigenvalue weighted by atomic mass is 16.5. The molecule has 1 saturated heterocycles. The predicted octanol–water partition coefficient (Wildman–Crippen LogP) is 1.91. The minimum absolute atomic E-state index is 0.259. The number of aliphatic hydroxyl groups is 1. The fourth-order valence-electron chi connectivity index (χ4n) is 4.16. The van der Waals surface area contributed by atoms with E-state index < -0.39 is 0 Å². The number of rotatable bonds is 5. The summed E-state index contributed by atoms with van der Waals surface area (Å²) in [6, 6.07) is 10.1. The number of aromatic nitrogens is 5. The van der Waals surface area contributed by atoms with E-state index >= 15 is 0 Å². The van der Waals surface area contributed by atoms with Crippen LogP contribution in [0.3, 0.4) is 0 Å². The first-order valence-corrected chi connectivity index (χ1v) is 10.3. The van der Waals surface area contributed by atoms with E-state index in [9.17, 15) is 5.11 Å². The van der Waals surface area contributed by atoms with Crippen molar-refractivity contribution in [3.8, 4) is 16.9 Å². The summed E-state index contributed by atoms with van der Waals surface area (Å²) in [6.07, 6.45) is 5.95. The van der Waals surface area contributed by atoms with Gasteiger partial charge in [0.25, 0.3) is 0 Å². The summed E-state index contributed by atoms with van der Waals surface area (Å²) in [6.45, 7) is 2.63. The normalized spacial score (nSPS) is 15.6. The summed E-state index contributed by atoms with van der Waals surface area (Å²) in [4.78, 5) is 11.2. The van der Waals surface area contributed by atoms with Crippen LogP contribution < -0.4 is 15.0 Å². The van der Waals surface area contributed by atoms with Crippen molar-refractivity contribution in [2.24, 2.45) is 0 Å². The Balaban J connectivity index is 1.26. The molecule has 4 aromatic rings. The fourth-order valence-corrected chi connectivity index (χ4v) is 4.16. The van der Waals surface area contributed by atoms with Gasteiger partial charge >= 0.3 is 0 Å². The van der Waals surface area contributed by atoms with Gasteiger partial charge in [0.05, 0.1) is 12.7 Å². The molecule has 0 bridgehead atoms. The summed E-state index contributed by atoms with van der Waals surface area (Å²) in [5.41, 5.74) is 4.96. The zero-order valence-electron chi connectivity index (χ0n) is 16.8. The molecule has 0 aliphatic carbocycles. The van der Waals surface area contributed by atoms with Crippen molar-refractivity contribution in [3.63, 3.8) is 0 Å². The first-order chi connectivity index (χ1) is 15.3. The monoisotopic (exact) mass is 415 g/mol. The Morgan fingerprint density at radius 1 is 1.13 bits per heavy atom. The van der Waals surface area contributed by atoms with Gasteiger partial charge in [-0.3, -0.25) is 4.40 Å². The number of β-amino-alcohol motifs (C(OH)–C–C–N with tert-alkyl or cyclic N) is 1. The van der Waals surface area contributed by atoms with E-state index in [2.05, 4.69) is 31.5 Å². The molecule has 9 heteroatoms. The molecule has 5 heterocycles. The molecular formula is C22H21N7O2. The smallest absolute Gasteiger partial charge is 0.210 e. The zero-order chi connectivity index (χ0) is 20.8. The molecule has 2 aliphatic heterocycles. The molecule has 0 spiro atoms. The summed E-state index contributed by atoms with van der Waals surface area (Å²) in [5, 5.41) is 21.3. The third-order valence-electron chi connectivity index (χ3n) is 5.85. The van der Waals surface area contributed by atoms with Gasteiger partial charge in [-0.2, -0.15) is 0 Å². The maximum Gasteiger partial charge on any atom is 0.210 e. The average molecular weight is 415 g/mol. The van der Waals surface area contributed by atoms with Gasteiger partial charge in [0, 0.05) is 55.1 Å². The molecule has 156 valence electrons. The SMILES string of the molecule is OC1CN(c2ccc(-c3cnc(NCc4cccc5c4CCO5)n4cnnc34)cn2)C1. The maximum absolute atomic E-state index is 9.49. The summed E-state index contributed by atoms with van der Waals surface area (Å²) >= 11 is 0. The molecule has 3 aromatic heterocycles. The van der Waals surface area contributed by atoms with Crippen molar-refractivity contribution in [2.45, 2.75) is 19.1 Å². The molecule has 0 unspecified atom stereocenters. The molecule has 2 N–H and O–H groups in total. The van der Waals surface area contributed by atoms with Crippen LogP contribution in [0.15, 0.2) is 49.1 Å². The van der Waals surface area contributed by atoms with Crippen LogP contribution >= 0.6 is 0 Å². The highest BCUT2D eigenvalue weighted by Gasteiger charge is 2.25. The summed E-state index contributed by atoms with van der Waals surface area (Å²) in [5.74, 6) is 2.51. The van der Waals surface area contributed by atoms with Gasteiger partial charge in [-0.05, 0) is 23.8 Å². The van der Waals surface area contributed by atoms with Gasteiger partial charge in [0.15, 0.2) is 5.65 Å². The molecule has 6 rings (SSSR count). The lowest BCUT2D eigenvalue weighted by Gasteiger charge is -2.36. The van der Waals surface area contributed by atoms with Gasteiger partial charge in [-0.1, -0.05) is 12.1 Å². The molecule has 0 atom stereocenters. The van der Waals surface area contributed by atoms with Gasteiger partial charge in [0.1, 0.15) is 17.9 Å². The Morgan fingerprint density at radius 2 is 2.06 bits per heavy atom. The average Bonchev–Trinajstić information content (AvgIpc) is 3.45. The number of fused-ring (bicyclic) bond motifs is 2. The number of aliphatic hydroxyl groups excluding tert-OH is 1. The minimum Gasteiger partial charge on any atom is -0.493 e. The van der Waals surface area contributed by atoms with Crippen LogP contribution in [0, 0.1) is 0 Å². The lowest BCUT2D eigenvalue weighted by atomic mass is 10.1. The van der Waals surface area contributed by atoms with E-state index in [1.807, 2.05) is 39.8 Å². The number of hydrogen-bond donors (Lipinski definition) is 2. The summed E-state index contributed by atoms with van der Waals surface area (Å²) < 4.78 is 7.52. The Bertz CT molecular complexity index is 1250. The van der Waals surface area contributed by atoms with Crippen molar-refractivity contribution in [1.29, 1.82) is 0 Å². The van der Waals surface area contributed by atoms with Crippen molar-refractivity contribution in [3.05, 3.63) is 60.2 Å². The number of ether oxygens (including phenoxy) is 1. The first kappa shape index (κ1) is 18.1. The van der Waals surface area contributed by atoms with E-state index in [4.69, 9.17) is 4.74 Å². The van der Waals surface area contributed by atoms with Crippen LogP contribution in [0.1, 0.15) is 11.1 Å². The number of benzene rings is 1. The van der Waals surface area contributed by atoms with Gasteiger partial charge in [0.2, 0.25) is 5.95 Å². The quantitative estimate of drug-likeness (QED) is 0.510. The van der Waals surface area contributed by atoms with Crippen LogP contribution in [0.5, 0.6) is 5.75 Å². The molecule has 2 aliphatic rings. The van der Waals surface area contributed by atoms with Gasteiger partial charge in [-0.25, -0.2) is 9.97 Å². The molecule has 1 aromatic carbocycles. The highest BCUT2D eigenvalue weighted by Crippen LogP contribution is 2.29. The minimum atomic E-state index is -0.259.